The number of hydrogen-bond acceptors (Lipinski definition) is 9. The summed E-state index contributed by atoms with van der Waals surface area (Å²) in [7, 11) is 0. The van der Waals surface area contributed by atoms with Crippen LogP contribution in [0.1, 0.15) is 5.56 Å². The van der Waals surface area contributed by atoms with E-state index in [9.17, 15) is 9.59 Å². The molecule has 0 aliphatic heterocycles. The molecule has 188 valence electrons. The van der Waals surface area contributed by atoms with E-state index in [0.717, 1.165) is 14.8 Å². The molecule has 0 amide bonds. The molecule has 36 heavy (non-hydrogen) atoms. The van der Waals surface area contributed by atoms with Crippen molar-refractivity contribution in [1.82, 2.24) is 19.0 Å². The maximum atomic E-state index is 13.4. The van der Waals surface area contributed by atoms with Gasteiger partial charge in [0, 0.05) is 11.1 Å². The van der Waals surface area contributed by atoms with Crippen LogP contribution in [0.4, 0.5) is 5.69 Å². The third kappa shape index (κ3) is 5.92. The topological polar surface area (TPSA) is 152 Å². The SMILES string of the molecule is Nn1c(=O)n(CCOCCO)c(=O)n(Cc2ccc(Cl)cc2)c1=Nc1ccc(Oc2ccon2)cc1. The van der Waals surface area contributed by atoms with Gasteiger partial charge in [0.05, 0.1) is 38.6 Å². The first-order valence-electron chi connectivity index (χ1n) is 10.8. The Hall–Kier alpha value is -4.13. The fourth-order valence-electron chi connectivity index (χ4n) is 3.28. The van der Waals surface area contributed by atoms with Crippen molar-refractivity contribution in [3.05, 3.63) is 98.0 Å². The highest BCUT2D eigenvalue weighted by atomic mass is 35.5. The van der Waals surface area contributed by atoms with Gasteiger partial charge in [0.15, 0.2) is 0 Å². The van der Waals surface area contributed by atoms with Gasteiger partial charge in [0.25, 0.3) is 5.88 Å². The molecule has 0 aliphatic rings. The zero-order valence-corrected chi connectivity index (χ0v) is 19.7. The average molecular weight is 515 g/mol. The van der Waals surface area contributed by atoms with E-state index < -0.39 is 11.4 Å². The molecular weight excluding hydrogens is 492 g/mol. The molecular formula is C23H23ClN6O6. The molecule has 12 nitrogen and oxygen atoms in total. The smallest absolute Gasteiger partial charge is 0.353 e. The van der Waals surface area contributed by atoms with Crippen molar-refractivity contribution < 1.29 is 19.1 Å². The van der Waals surface area contributed by atoms with E-state index in [1.165, 1.54) is 10.8 Å². The van der Waals surface area contributed by atoms with Crippen LogP contribution in [0.15, 0.2) is 80.0 Å². The second-order valence-corrected chi connectivity index (χ2v) is 7.92. The molecule has 4 rings (SSSR count). The maximum Gasteiger partial charge on any atom is 0.353 e. The van der Waals surface area contributed by atoms with Crippen molar-refractivity contribution >= 4 is 17.3 Å². The maximum absolute atomic E-state index is 13.4. The number of nitrogens with zero attached hydrogens (tertiary/aromatic N) is 5. The number of rotatable bonds is 10. The minimum atomic E-state index is -0.760. The van der Waals surface area contributed by atoms with Gasteiger partial charge in [0.2, 0.25) is 5.62 Å². The minimum Gasteiger partial charge on any atom is -0.436 e. The molecule has 0 bridgehead atoms. The van der Waals surface area contributed by atoms with Gasteiger partial charge in [0.1, 0.15) is 12.0 Å². The highest BCUT2D eigenvalue weighted by molar-refractivity contribution is 6.30. The normalized spacial score (nSPS) is 11.7. The highest BCUT2D eigenvalue weighted by Crippen LogP contribution is 2.22. The van der Waals surface area contributed by atoms with E-state index >= 15 is 0 Å². The van der Waals surface area contributed by atoms with Gasteiger partial charge in [-0.25, -0.2) is 19.1 Å². The zero-order valence-electron chi connectivity index (χ0n) is 19.0. The summed E-state index contributed by atoms with van der Waals surface area (Å²) in [6, 6.07) is 15.1. The number of aromatic nitrogens is 4. The zero-order chi connectivity index (χ0) is 25.5. The van der Waals surface area contributed by atoms with Gasteiger partial charge in [-0.1, -0.05) is 23.7 Å². The Bertz CT molecular complexity index is 1470. The lowest BCUT2D eigenvalue weighted by Crippen LogP contribution is -2.57. The summed E-state index contributed by atoms with van der Waals surface area (Å²) in [5.74, 6) is 6.89. The number of nitrogens with two attached hydrogens (primary N) is 1. The lowest BCUT2D eigenvalue weighted by Gasteiger charge is -2.14. The molecule has 0 atom stereocenters. The second-order valence-electron chi connectivity index (χ2n) is 7.48. The van der Waals surface area contributed by atoms with Gasteiger partial charge >= 0.3 is 11.4 Å². The first-order valence-corrected chi connectivity index (χ1v) is 11.2. The van der Waals surface area contributed by atoms with Gasteiger partial charge in [-0.3, -0.25) is 4.57 Å². The van der Waals surface area contributed by atoms with E-state index in [0.29, 0.717) is 22.3 Å². The number of aliphatic hydroxyl groups is 1. The van der Waals surface area contributed by atoms with Crippen molar-refractivity contribution in [2.24, 2.45) is 4.99 Å². The Kier molecular flexibility index (Phi) is 8.00. The van der Waals surface area contributed by atoms with Crippen LogP contribution in [0.25, 0.3) is 0 Å². The Labute approximate surface area is 209 Å². The van der Waals surface area contributed by atoms with Crippen molar-refractivity contribution in [2.45, 2.75) is 13.1 Å². The van der Waals surface area contributed by atoms with Crippen molar-refractivity contribution in [1.29, 1.82) is 0 Å². The van der Waals surface area contributed by atoms with E-state index in [2.05, 4.69) is 10.1 Å². The molecule has 13 heteroatoms. The van der Waals surface area contributed by atoms with E-state index in [4.69, 9.17) is 36.5 Å². The van der Waals surface area contributed by atoms with E-state index in [1.807, 2.05) is 0 Å². The van der Waals surface area contributed by atoms with Crippen LogP contribution in [-0.2, 0) is 17.8 Å². The van der Waals surface area contributed by atoms with Crippen LogP contribution < -0.4 is 27.6 Å². The Morgan fingerprint density at radius 1 is 1.00 bits per heavy atom. The van der Waals surface area contributed by atoms with E-state index in [-0.39, 0.29) is 38.5 Å². The molecule has 2 aromatic carbocycles. The fourth-order valence-corrected chi connectivity index (χ4v) is 3.40. The van der Waals surface area contributed by atoms with Crippen LogP contribution in [-0.4, -0.2) is 43.9 Å². The third-order valence-corrected chi connectivity index (χ3v) is 5.26. The van der Waals surface area contributed by atoms with Crippen LogP contribution in [0.5, 0.6) is 11.6 Å². The summed E-state index contributed by atoms with van der Waals surface area (Å²) in [5.41, 5.74) is -0.262. The summed E-state index contributed by atoms with van der Waals surface area (Å²) in [6.45, 7) is -0.0198. The first-order chi connectivity index (χ1) is 17.5. The fraction of sp³-hybridized carbons (Fsp3) is 0.217. The summed E-state index contributed by atoms with van der Waals surface area (Å²) in [6.07, 6.45) is 1.39. The Morgan fingerprint density at radius 3 is 2.42 bits per heavy atom. The highest BCUT2D eigenvalue weighted by Gasteiger charge is 2.14. The number of nitrogen functional groups attached to an aromatic ring is 1. The van der Waals surface area contributed by atoms with Gasteiger partial charge in [-0.2, -0.15) is 4.68 Å². The minimum absolute atomic E-state index is 0.0418. The Morgan fingerprint density at radius 2 is 1.75 bits per heavy atom. The summed E-state index contributed by atoms with van der Waals surface area (Å²) < 4.78 is 18.6. The van der Waals surface area contributed by atoms with Crippen molar-refractivity contribution in [3.63, 3.8) is 0 Å². The predicted molar refractivity (Wildman–Crippen MR) is 130 cm³/mol. The Balaban J connectivity index is 1.75. The molecule has 2 aromatic heterocycles. The molecule has 2 heterocycles. The van der Waals surface area contributed by atoms with Crippen molar-refractivity contribution in [3.8, 4) is 11.6 Å². The lowest BCUT2D eigenvalue weighted by atomic mass is 10.2. The van der Waals surface area contributed by atoms with Crippen LogP contribution in [0.2, 0.25) is 5.02 Å². The average Bonchev–Trinajstić information content (AvgIpc) is 3.39. The summed E-state index contributed by atoms with van der Waals surface area (Å²) >= 11 is 5.99. The lowest BCUT2D eigenvalue weighted by molar-refractivity contribution is 0.0852. The molecule has 0 unspecified atom stereocenters. The third-order valence-electron chi connectivity index (χ3n) is 5.01. The summed E-state index contributed by atoms with van der Waals surface area (Å²) in [4.78, 5) is 30.7. The van der Waals surface area contributed by atoms with Gasteiger partial charge in [-0.15, -0.1) is 0 Å². The predicted octanol–water partition coefficient (Wildman–Crippen LogP) is 1.25. The summed E-state index contributed by atoms with van der Waals surface area (Å²) in [5, 5.41) is 13.1. The van der Waals surface area contributed by atoms with Crippen molar-refractivity contribution in [2.75, 3.05) is 25.7 Å². The number of aliphatic hydroxyl groups excluding tert-OH is 1. The quantitative estimate of drug-likeness (QED) is 0.237. The van der Waals surface area contributed by atoms with Crippen LogP contribution in [0.3, 0.4) is 0 Å². The van der Waals surface area contributed by atoms with Gasteiger partial charge < -0.3 is 24.9 Å². The second kappa shape index (κ2) is 11.5. The van der Waals surface area contributed by atoms with Crippen LogP contribution >= 0.6 is 11.6 Å². The molecule has 0 aliphatic carbocycles. The van der Waals surface area contributed by atoms with Gasteiger partial charge in [-0.05, 0) is 47.1 Å². The molecule has 0 spiro atoms. The largest absolute Gasteiger partial charge is 0.436 e. The molecule has 0 fully saturated rings. The molecule has 0 saturated heterocycles. The number of ether oxygens (including phenoxy) is 2. The molecule has 4 aromatic rings. The number of benzene rings is 2. The first kappa shape index (κ1) is 25.0. The number of halogens is 1. The number of hydrogen-bond donors (Lipinski definition) is 2. The molecule has 0 radical (unpaired) electrons. The standard InChI is InChI=1S/C23H23ClN6O6/c24-17-3-1-16(2-4-17)15-29-21(30(25)23(33)28(22(29)32)10-13-34-14-11-31)26-18-5-7-19(8-6-18)36-20-9-12-35-27-20/h1-9,12,31H,10-11,13-15,25H2. The van der Waals surface area contributed by atoms with E-state index in [1.54, 1.807) is 54.6 Å². The molecule has 0 saturated carbocycles. The monoisotopic (exact) mass is 514 g/mol. The van der Waals surface area contributed by atoms with Crippen LogP contribution in [0, 0.1) is 0 Å². The molecule has 3 N–H and O–H groups in total.